The van der Waals surface area contributed by atoms with E-state index in [-0.39, 0.29) is 24.3 Å². The number of Topliss-reactive ketones (excluding diaryl/α,β-unsaturated/α-hetero) is 1. The number of ketones is 1. The predicted molar refractivity (Wildman–Crippen MR) is 144 cm³/mol. The summed E-state index contributed by atoms with van der Waals surface area (Å²) in [7, 11) is 0. The van der Waals surface area contributed by atoms with E-state index in [1.807, 2.05) is 6.92 Å². The van der Waals surface area contributed by atoms with E-state index in [1.165, 1.54) is 24.3 Å². The molecule has 0 saturated heterocycles. The predicted octanol–water partition coefficient (Wildman–Crippen LogP) is 4.14. The Balaban J connectivity index is 2.10. The number of aryl methyl sites for hydroxylation is 2. The highest BCUT2D eigenvalue weighted by Gasteiger charge is 2.52. The van der Waals surface area contributed by atoms with E-state index in [2.05, 4.69) is 10.3 Å². The van der Waals surface area contributed by atoms with Gasteiger partial charge in [-0.25, -0.2) is 4.68 Å². The van der Waals surface area contributed by atoms with Crippen molar-refractivity contribution in [2.24, 2.45) is 5.41 Å². The van der Waals surface area contributed by atoms with Gasteiger partial charge in [-0.05, 0) is 96.8 Å². The Hall–Kier alpha value is -4.08. The monoisotopic (exact) mass is 537 g/mol. The Bertz CT molecular complexity index is 1420. The third-order valence-corrected chi connectivity index (χ3v) is 5.86. The van der Waals surface area contributed by atoms with E-state index < -0.39 is 46.3 Å². The third-order valence-electron chi connectivity index (χ3n) is 5.86. The van der Waals surface area contributed by atoms with Gasteiger partial charge >= 0.3 is 11.9 Å². The van der Waals surface area contributed by atoms with Crippen LogP contribution in [0, 0.1) is 12.3 Å². The molecule has 1 aromatic heterocycles. The smallest absolute Gasteiger partial charge is 0.324 e. The van der Waals surface area contributed by atoms with Crippen molar-refractivity contribution in [1.29, 1.82) is 0 Å². The minimum absolute atomic E-state index is 0.0402. The highest BCUT2D eigenvalue weighted by atomic mass is 16.6. The highest BCUT2D eigenvalue weighted by Crippen LogP contribution is 2.36. The van der Waals surface area contributed by atoms with Crippen LogP contribution in [0.4, 0.5) is 0 Å². The van der Waals surface area contributed by atoms with Crippen LogP contribution >= 0.6 is 0 Å². The number of carbonyl (C=O) groups excluding carboxylic acids is 3. The number of benzene rings is 2. The van der Waals surface area contributed by atoms with Crippen molar-refractivity contribution < 1.29 is 29.0 Å². The van der Waals surface area contributed by atoms with Gasteiger partial charge in [-0.1, -0.05) is 11.3 Å². The molecule has 3 aromatic rings. The Morgan fingerprint density at radius 3 is 2.00 bits per heavy atom. The molecule has 39 heavy (non-hydrogen) atoms. The zero-order valence-corrected chi connectivity index (χ0v) is 23.4. The molecule has 0 bridgehead atoms. The summed E-state index contributed by atoms with van der Waals surface area (Å²) < 4.78 is 12.3. The van der Waals surface area contributed by atoms with Crippen LogP contribution in [-0.2, 0) is 25.6 Å². The molecule has 0 aliphatic rings. The molecule has 2 aromatic carbocycles. The van der Waals surface area contributed by atoms with Gasteiger partial charge in [0.1, 0.15) is 22.5 Å². The lowest BCUT2D eigenvalue weighted by Gasteiger charge is -2.34. The van der Waals surface area contributed by atoms with Crippen molar-refractivity contribution in [3.05, 3.63) is 63.9 Å². The molecule has 1 heterocycles. The molecule has 3 rings (SSSR count). The molecule has 208 valence electrons. The van der Waals surface area contributed by atoms with Crippen LogP contribution in [0.2, 0.25) is 0 Å². The van der Waals surface area contributed by atoms with Crippen LogP contribution in [-0.4, -0.2) is 49.0 Å². The fourth-order valence-electron chi connectivity index (χ4n) is 3.93. The number of hydrogen-bond donors (Lipinski definition) is 1. The van der Waals surface area contributed by atoms with Crippen LogP contribution < -0.4 is 5.56 Å². The number of rotatable bonds is 8. The average Bonchev–Trinajstić information content (AvgIpc) is 2.80. The van der Waals surface area contributed by atoms with Crippen molar-refractivity contribution in [2.75, 3.05) is 0 Å². The minimum atomic E-state index is -2.10. The molecule has 0 aliphatic carbocycles. The summed E-state index contributed by atoms with van der Waals surface area (Å²) in [4.78, 5) is 54.1. The molecule has 0 spiro atoms. The zero-order valence-electron chi connectivity index (χ0n) is 23.4. The second-order valence-electron chi connectivity index (χ2n) is 11.6. The molecule has 10 heteroatoms. The fourth-order valence-corrected chi connectivity index (χ4v) is 3.93. The first-order chi connectivity index (χ1) is 18.0. The summed E-state index contributed by atoms with van der Waals surface area (Å²) in [6.45, 7) is 11.5. The first kappa shape index (κ1) is 29.5. The summed E-state index contributed by atoms with van der Waals surface area (Å²) in [6, 6.07) is 10.6. The Morgan fingerprint density at radius 2 is 1.46 bits per heavy atom. The van der Waals surface area contributed by atoms with Crippen LogP contribution in [0.5, 0.6) is 5.75 Å². The van der Waals surface area contributed by atoms with Gasteiger partial charge in [-0.2, -0.15) is 0 Å². The number of phenolic OH excluding ortho intramolecular Hbond substituents is 1. The van der Waals surface area contributed by atoms with Crippen molar-refractivity contribution in [2.45, 2.75) is 79.1 Å². The lowest BCUT2D eigenvalue weighted by molar-refractivity contribution is -0.186. The van der Waals surface area contributed by atoms with E-state index in [0.29, 0.717) is 10.9 Å². The van der Waals surface area contributed by atoms with Gasteiger partial charge < -0.3 is 14.6 Å². The molecule has 1 N–H and O–H groups in total. The van der Waals surface area contributed by atoms with Gasteiger partial charge in [0.25, 0.3) is 5.56 Å². The minimum Gasteiger partial charge on any atom is -0.508 e. The maximum Gasteiger partial charge on any atom is 0.324 e. The van der Waals surface area contributed by atoms with Crippen molar-refractivity contribution >= 4 is 28.6 Å². The van der Waals surface area contributed by atoms with E-state index >= 15 is 0 Å². The lowest BCUT2D eigenvalue weighted by atomic mass is 9.78. The first-order valence-corrected chi connectivity index (χ1v) is 12.6. The van der Waals surface area contributed by atoms with Gasteiger partial charge in [0.2, 0.25) is 0 Å². The van der Waals surface area contributed by atoms with Crippen molar-refractivity contribution in [3.8, 4) is 5.75 Å². The summed E-state index contributed by atoms with van der Waals surface area (Å²) in [5.74, 6) is -2.48. The SMILES string of the molecule is Cc1ccc2c(=O)n(CCC(CC(=O)c3ccc(O)cc3)(C(=O)OC(C)(C)C)C(=O)OC(C)(C)C)nnc2c1. The van der Waals surface area contributed by atoms with Gasteiger partial charge in [0, 0.05) is 18.5 Å². The summed E-state index contributed by atoms with van der Waals surface area (Å²) >= 11 is 0. The van der Waals surface area contributed by atoms with Crippen LogP contribution in [0.1, 0.15) is 70.3 Å². The molecule has 0 fully saturated rings. The number of hydrogen-bond acceptors (Lipinski definition) is 9. The number of esters is 2. The van der Waals surface area contributed by atoms with Crippen LogP contribution in [0.25, 0.3) is 10.9 Å². The van der Waals surface area contributed by atoms with Crippen molar-refractivity contribution in [3.63, 3.8) is 0 Å². The topological polar surface area (TPSA) is 138 Å². The average molecular weight is 538 g/mol. The second kappa shape index (κ2) is 11.0. The largest absolute Gasteiger partial charge is 0.508 e. The summed E-state index contributed by atoms with van der Waals surface area (Å²) in [5.41, 5.74) is -3.00. The number of aromatic nitrogens is 3. The van der Waals surface area contributed by atoms with E-state index in [4.69, 9.17) is 9.47 Å². The number of carbonyl (C=O) groups is 3. The van der Waals surface area contributed by atoms with E-state index in [0.717, 1.165) is 10.2 Å². The number of fused-ring (bicyclic) bond motifs is 1. The number of phenols is 1. The quantitative estimate of drug-likeness (QED) is 0.255. The van der Waals surface area contributed by atoms with E-state index in [9.17, 15) is 24.3 Å². The van der Waals surface area contributed by atoms with Gasteiger partial charge in [0.15, 0.2) is 11.2 Å². The van der Waals surface area contributed by atoms with Gasteiger partial charge in [-0.3, -0.25) is 19.2 Å². The lowest BCUT2D eigenvalue weighted by Crippen LogP contribution is -2.49. The van der Waals surface area contributed by atoms with Crippen LogP contribution in [0.15, 0.2) is 47.3 Å². The van der Waals surface area contributed by atoms with E-state index in [1.54, 1.807) is 59.7 Å². The normalized spacial score (nSPS) is 12.3. The molecule has 0 aliphatic heterocycles. The van der Waals surface area contributed by atoms with Crippen LogP contribution in [0.3, 0.4) is 0 Å². The molecule has 0 radical (unpaired) electrons. The van der Waals surface area contributed by atoms with Crippen molar-refractivity contribution in [1.82, 2.24) is 15.0 Å². The third kappa shape index (κ3) is 7.28. The maximum absolute atomic E-state index is 13.7. The maximum atomic E-state index is 13.7. The second-order valence-corrected chi connectivity index (χ2v) is 11.6. The fraction of sp³-hybridized carbons (Fsp3) is 0.448. The summed E-state index contributed by atoms with van der Waals surface area (Å²) in [5, 5.41) is 18.1. The summed E-state index contributed by atoms with van der Waals surface area (Å²) in [6.07, 6.45) is -0.900. The molecule has 0 atom stereocenters. The highest BCUT2D eigenvalue weighted by molar-refractivity contribution is 6.07. The molecule has 10 nitrogen and oxygen atoms in total. The van der Waals surface area contributed by atoms with Gasteiger partial charge in [0.05, 0.1) is 5.39 Å². The van der Waals surface area contributed by atoms with Gasteiger partial charge in [-0.15, -0.1) is 5.10 Å². The first-order valence-electron chi connectivity index (χ1n) is 12.6. The Kier molecular flexibility index (Phi) is 8.28. The number of aromatic hydroxyl groups is 1. The zero-order chi connectivity index (χ0) is 29.2. The number of ether oxygens (including phenoxy) is 2. The molecule has 0 unspecified atom stereocenters. The number of nitrogens with zero attached hydrogens (tertiary/aromatic N) is 3. The molecule has 0 saturated carbocycles. The Labute approximate surface area is 226 Å². The standard InChI is InChI=1S/C29H35N3O7/c1-18-8-13-21-22(16-18)30-31-32(24(21)35)15-14-29(25(36)38-27(2,3)4,26(37)39-28(5,6)7)17-23(34)19-9-11-20(33)12-10-19/h8-13,16,33H,14-15,17H2,1-7H3. The Morgan fingerprint density at radius 1 is 0.897 bits per heavy atom. The molecular formula is C29H35N3O7. The molecule has 0 amide bonds. The molecular weight excluding hydrogens is 502 g/mol.